The number of ether oxygens (including phenoxy) is 1. The first-order valence-corrected chi connectivity index (χ1v) is 13.5. The minimum atomic E-state index is -4.47. The average molecular weight is 604 g/mol. The molecule has 13 heteroatoms. The van der Waals surface area contributed by atoms with E-state index in [9.17, 15) is 41.0 Å². The molecule has 0 fully saturated rings. The summed E-state index contributed by atoms with van der Waals surface area (Å²) in [6, 6.07) is 8.88. The first-order chi connectivity index (χ1) is 19.6. The SMILES string of the molecule is C[C@@H]1CN([C@H](C)CO)C(=O)Cc2cc(NC(=O)CCC(F)(F)F)ccc2O[C@H]1CN(C)Cc1ccc(C(F)(F)F)cc1. The molecule has 2 aromatic rings. The second-order valence-corrected chi connectivity index (χ2v) is 10.8. The van der Waals surface area contributed by atoms with Crippen molar-refractivity contribution >= 4 is 17.5 Å². The van der Waals surface area contributed by atoms with Gasteiger partial charge in [-0.25, -0.2) is 0 Å². The average Bonchev–Trinajstić information content (AvgIpc) is 2.94. The molecule has 232 valence electrons. The molecular weight excluding hydrogens is 568 g/mol. The lowest BCUT2D eigenvalue weighted by molar-refractivity contribution is -0.142. The van der Waals surface area contributed by atoms with E-state index >= 15 is 0 Å². The Morgan fingerprint density at radius 3 is 2.40 bits per heavy atom. The van der Waals surface area contributed by atoms with Crippen molar-refractivity contribution in [2.75, 3.05) is 32.1 Å². The van der Waals surface area contributed by atoms with Crippen molar-refractivity contribution in [2.24, 2.45) is 5.92 Å². The fourth-order valence-electron chi connectivity index (χ4n) is 4.69. The Hall–Kier alpha value is -3.32. The van der Waals surface area contributed by atoms with Gasteiger partial charge in [-0.05, 0) is 49.9 Å². The number of hydrogen-bond donors (Lipinski definition) is 2. The smallest absolute Gasteiger partial charge is 0.416 e. The maximum atomic E-state index is 13.3. The van der Waals surface area contributed by atoms with Gasteiger partial charge in [-0.2, -0.15) is 26.3 Å². The van der Waals surface area contributed by atoms with E-state index in [2.05, 4.69) is 5.32 Å². The van der Waals surface area contributed by atoms with Crippen molar-refractivity contribution in [3.63, 3.8) is 0 Å². The van der Waals surface area contributed by atoms with E-state index in [4.69, 9.17) is 4.74 Å². The highest BCUT2D eigenvalue weighted by Gasteiger charge is 2.32. The third kappa shape index (κ3) is 9.62. The third-order valence-corrected chi connectivity index (χ3v) is 7.06. The molecule has 1 heterocycles. The van der Waals surface area contributed by atoms with Crippen LogP contribution in [-0.4, -0.2) is 71.8 Å². The van der Waals surface area contributed by atoms with Crippen molar-refractivity contribution in [1.29, 1.82) is 0 Å². The Morgan fingerprint density at radius 2 is 1.81 bits per heavy atom. The molecule has 0 spiro atoms. The number of anilines is 1. The summed E-state index contributed by atoms with van der Waals surface area (Å²) in [4.78, 5) is 28.8. The van der Waals surface area contributed by atoms with Crippen molar-refractivity contribution in [1.82, 2.24) is 9.80 Å². The van der Waals surface area contributed by atoms with Crippen molar-refractivity contribution in [3.05, 3.63) is 59.2 Å². The Bertz CT molecular complexity index is 1220. The fourth-order valence-corrected chi connectivity index (χ4v) is 4.69. The Morgan fingerprint density at radius 1 is 1.14 bits per heavy atom. The molecule has 2 amide bonds. The lowest BCUT2D eigenvalue weighted by atomic mass is 10.0. The van der Waals surface area contributed by atoms with E-state index in [1.165, 1.54) is 24.3 Å². The molecule has 1 aliphatic heterocycles. The van der Waals surface area contributed by atoms with Gasteiger partial charge in [0.15, 0.2) is 0 Å². The summed E-state index contributed by atoms with van der Waals surface area (Å²) in [5.74, 6) is -0.998. The predicted molar refractivity (Wildman–Crippen MR) is 144 cm³/mol. The number of halogens is 6. The number of aliphatic hydroxyl groups excluding tert-OH is 1. The summed E-state index contributed by atoms with van der Waals surface area (Å²) in [5, 5.41) is 12.2. The van der Waals surface area contributed by atoms with Crippen LogP contribution >= 0.6 is 0 Å². The third-order valence-electron chi connectivity index (χ3n) is 7.06. The van der Waals surface area contributed by atoms with Crippen LogP contribution in [-0.2, 0) is 28.7 Å². The molecular formula is C29H35F6N3O4. The zero-order valence-corrected chi connectivity index (χ0v) is 23.6. The van der Waals surface area contributed by atoms with Gasteiger partial charge in [0.1, 0.15) is 11.9 Å². The predicted octanol–water partition coefficient (Wildman–Crippen LogP) is 5.27. The lowest BCUT2D eigenvalue weighted by Crippen LogP contribution is -2.47. The summed E-state index contributed by atoms with van der Waals surface area (Å²) in [6.07, 6.45) is -11.5. The highest BCUT2D eigenvalue weighted by Crippen LogP contribution is 2.31. The summed E-state index contributed by atoms with van der Waals surface area (Å²) in [5.41, 5.74) is 0.547. The normalized spacial score (nSPS) is 18.9. The molecule has 1 aliphatic rings. The first-order valence-electron chi connectivity index (χ1n) is 13.5. The number of carbonyl (C=O) groups excluding carboxylic acids is 2. The molecule has 3 rings (SSSR count). The second kappa shape index (κ2) is 13.8. The monoisotopic (exact) mass is 603 g/mol. The zero-order valence-electron chi connectivity index (χ0n) is 23.6. The van der Waals surface area contributed by atoms with Gasteiger partial charge in [-0.1, -0.05) is 19.1 Å². The number of likely N-dealkylation sites (N-methyl/N-ethyl adjacent to an activating group) is 1. The van der Waals surface area contributed by atoms with Crippen LogP contribution in [0.15, 0.2) is 42.5 Å². The van der Waals surface area contributed by atoms with Crippen LogP contribution in [0.2, 0.25) is 0 Å². The van der Waals surface area contributed by atoms with E-state index in [0.717, 1.165) is 12.1 Å². The van der Waals surface area contributed by atoms with Gasteiger partial charge in [0.2, 0.25) is 11.8 Å². The summed E-state index contributed by atoms with van der Waals surface area (Å²) < 4.78 is 82.7. The number of fused-ring (bicyclic) bond motifs is 1. The molecule has 0 saturated carbocycles. The van der Waals surface area contributed by atoms with E-state index in [-0.39, 0.29) is 37.1 Å². The highest BCUT2D eigenvalue weighted by molar-refractivity contribution is 5.91. The van der Waals surface area contributed by atoms with Gasteiger partial charge in [0.05, 0.1) is 31.1 Å². The minimum Gasteiger partial charge on any atom is -0.488 e. The van der Waals surface area contributed by atoms with Gasteiger partial charge in [-0.3, -0.25) is 14.5 Å². The molecule has 3 atom stereocenters. The maximum Gasteiger partial charge on any atom is 0.416 e. The number of amides is 2. The van der Waals surface area contributed by atoms with Crippen LogP contribution in [0.3, 0.4) is 0 Å². The summed E-state index contributed by atoms with van der Waals surface area (Å²) in [7, 11) is 1.79. The van der Waals surface area contributed by atoms with Crippen molar-refractivity contribution in [3.8, 4) is 5.75 Å². The number of carbonyl (C=O) groups is 2. The molecule has 0 bridgehead atoms. The number of alkyl halides is 6. The van der Waals surface area contributed by atoms with Crippen molar-refractivity contribution < 1.29 is 45.8 Å². The van der Waals surface area contributed by atoms with E-state index < -0.39 is 48.8 Å². The molecule has 2 N–H and O–H groups in total. The van der Waals surface area contributed by atoms with Crippen LogP contribution < -0.4 is 10.1 Å². The highest BCUT2D eigenvalue weighted by atomic mass is 19.4. The largest absolute Gasteiger partial charge is 0.488 e. The maximum absolute atomic E-state index is 13.3. The topological polar surface area (TPSA) is 82.1 Å². The van der Waals surface area contributed by atoms with Gasteiger partial charge < -0.3 is 20.1 Å². The minimum absolute atomic E-state index is 0.132. The molecule has 0 aliphatic carbocycles. The summed E-state index contributed by atoms with van der Waals surface area (Å²) >= 11 is 0. The molecule has 42 heavy (non-hydrogen) atoms. The molecule has 2 aromatic carbocycles. The van der Waals surface area contributed by atoms with Gasteiger partial charge in [0, 0.05) is 43.2 Å². The van der Waals surface area contributed by atoms with Crippen LogP contribution in [0.4, 0.5) is 32.0 Å². The number of aliphatic hydroxyl groups is 1. The number of nitrogens with one attached hydrogen (secondary N) is 1. The zero-order chi connectivity index (χ0) is 31.2. The molecule has 0 radical (unpaired) electrons. The number of rotatable bonds is 9. The lowest BCUT2D eigenvalue weighted by Gasteiger charge is -2.34. The Balaban J connectivity index is 1.83. The number of hydrogen-bond acceptors (Lipinski definition) is 5. The second-order valence-electron chi connectivity index (χ2n) is 10.8. The Labute approximate surface area is 240 Å². The van der Waals surface area contributed by atoms with E-state index in [1.54, 1.807) is 24.9 Å². The number of benzene rings is 2. The fraction of sp³-hybridized carbons (Fsp3) is 0.517. The van der Waals surface area contributed by atoms with Crippen LogP contribution in [0.1, 0.15) is 43.4 Å². The number of nitrogens with zero attached hydrogens (tertiary/aromatic N) is 2. The standard InChI is InChI=1S/C29H35F6N3O4/c1-18-14-38(19(2)17-39)27(41)13-21-12-23(36-26(40)10-11-28(30,31)32)8-9-24(21)42-25(18)16-37(3)15-20-4-6-22(7-5-20)29(33,34)35/h4-9,12,18-19,25,39H,10-11,13-17H2,1-3H3,(H,36,40)/t18-,19-,25+/m1/s1. The van der Waals surface area contributed by atoms with E-state index in [0.29, 0.717) is 30.0 Å². The van der Waals surface area contributed by atoms with E-state index in [1.807, 2.05) is 11.8 Å². The molecule has 0 saturated heterocycles. The molecule has 7 nitrogen and oxygen atoms in total. The van der Waals surface area contributed by atoms with Crippen LogP contribution in [0, 0.1) is 5.92 Å². The Kier molecular flexibility index (Phi) is 10.9. The van der Waals surface area contributed by atoms with Gasteiger partial charge in [-0.15, -0.1) is 0 Å². The first kappa shape index (κ1) is 33.2. The quantitative estimate of drug-likeness (QED) is 0.382. The van der Waals surface area contributed by atoms with Gasteiger partial charge in [0.25, 0.3) is 0 Å². The van der Waals surface area contributed by atoms with Crippen LogP contribution in [0.25, 0.3) is 0 Å². The summed E-state index contributed by atoms with van der Waals surface area (Å²) in [6.45, 7) is 4.24. The molecule has 0 aromatic heterocycles. The van der Waals surface area contributed by atoms with Gasteiger partial charge >= 0.3 is 12.4 Å². The molecule has 0 unspecified atom stereocenters. The van der Waals surface area contributed by atoms with Crippen molar-refractivity contribution in [2.45, 2.75) is 64.2 Å². The van der Waals surface area contributed by atoms with Crippen LogP contribution in [0.5, 0.6) is 5.75 Å².